The fraction of sp³-hybridized carbons (Fsp3) is 0.300. The van der Waals surface area contributed by atoms with Crippen LogP contribution in [0.2, 0.25) is 15.1 Å². The highest BCUT2D eigenvalue weighted by Gasteiger charge is 2.29. The molecule has 148 valence electrons. The molecule has 0 bridgehead atoms. The van der Waals surface area contributed by atoms with E-state index in [1.807, 2.05) is 20.8 Å². The number of hydrogen-bond donors (Lipinski definition) is 0. The van der Waals surface area contributed by atoms with Gasteiger partial charge in [-0.1, -0.05) is 55.6 Å². The molecule has 2 aromatic heterocycles. The maximum absolute atomic E-state index is 14.0. The van der Waals surface area contributed by atoms with Gasteiger partial charge < -0.3 is 4.74 Å². The van der Waals surface area contributed by atoms with Crippen LogP contribution in [0.1, 0.15) is 43.6 Å². The lowest BCUT2D eigenvalue weighted by Gasteiger charge is -2.23. The number of benzene rings is 1. The van der Waals surface area contributed by atoms with Gasteiger partial charge in [-0.2, -0.15) is 5.10 Å². The van der Waals surface area contributed by atoms with Crippen molar-refractivity contribution >= 4 is 46.3 Å². The van der Waals surface area contributed by atoms with Gasteiger partial charge in [-0.3, -0.25) is 0 Å². The van der Waals surface area contributed by atoms with E-state index >= 15 is 0 Å². The molecule has 0 fully saturated rings. The SMILES string of the molecule is CCOC(=O)c1cnn2c(-c3cc(F)cc(Cl)c3Cl)c(Cl)cc2c1C(C)(C)C. The number of hydrogen-bond acceptors (Lipinski definition) is 3. The summed E-state index contributed by atoms with van der Waals surface area (Å²) in [7, 11) is 0. The zero-order valence-electron chi connectivity index (χ0n) is 15.7. The topological polar surface area (TPSA) is 43.6 Å². The summed E-state index contributed by atoms with van der Waals surface area (Å²) in [4.78, 5) is 12.5. The summed E-state index contributed by atoms with van der Waals surface area (Å²) in [6.07, 6.45) is 1.43. The van der Waals surface area contributed by atoms with Gasteiger partial charge in [0.05, 0.1) is 44.6 Å². The van der Waals surface area contributed by atoms with E-state index in [1.54, 1.807) is 17.5 Å². The molecule has 0 N–H and O–H groups in total. The molecule has 28 heavy (non-hydrogen) atoms. The van der Waals surface area contributed by atoms with Gasteiger partial charge in [0.25, 0.3) is 0 Å². The van der Waals surface area contributed by atoms with Crippen LogP contribution in [0.15, 0.2) is 24.4 Å². The molecule has 3 rings (SSSR count). The van der Waals surface area contributed by atoms with Gasteiger partial charge in [-0.15, -0.1) is 0 Å². The summed E-state index contributed by atoms with van der Waals surface area (Å²) in [5.41, 5.74) is 1.96. The molecule has 1 aromatic carbocycles. The Bertz CT molecular complexity index is 1090. The lowest BCUT2D eigenvalue weighted by Crippen LogP contribution is -2.21. The Morgan fingerprint density at radius 2 is 1.86 bits per heavy atom. The summed E-state index contributed by atoms with van der Waals surface area (Å²) in [6.45, 7) is 7.90. The first-order valence-electron chi connectivity index (χ1n) is 8.59. The third kappa shape index (κ3) is 3.59. The standard InChI is InChI=1S/C20H18Cl3FN2O2/c1-5-28-19(27)12-9-25-26-15(16(12)20(2,3)4)8-14(22)18(26)11-6-10(24)7-13(21)17(11)23/h6-9H,5H2,1-4H3. The van der Waals surface area contributed by atoms with Crippen molar-refractivity contribution in [3.8, 4) is 11.3 Å². The molecule has 4 nitrogen and oxygen atoms in total. The highest BCUT2D eigenvalue weighted by Crippen LogP contribution is 2.41. The van der Waals surface area contributed by atoms with Crippen molar-refractivity contribution in [3.63, 3.8) is 0 Å². The monoisotopic (exact) mass is 442 g/mol. The van der Waals surface area contributed by atoms with Crippen molar-refractivity contribution in [1.82, 2.24) is 9.61 Å². The molecule has 2 heterocycles. The normalized spacial score (nSPS) is 11.9. The molecular formula is C20H18Cl3FN2O2. The largest absolute Gasteiger partial charge is 0.462 e. The van der Waals surface area contributed by atoms with Gasteiger partial charge in [0.1, 0.15) is 5.82 Å². The number of aromatic nitrogens is 2. The maximum atomic E-state index is 14.0. The van der Waals surface area contributed by atoms with Gasteiger partial charge >= 0.3 is 5.97 Å². The van der Waals surface area contributed by atoms with Crippen LogP contribution in [0, 0.1) is 5.82 Å². The molecule has 0 aliphatic rings. The Balaban J connectivity index is 2.39. The van der Waals surface area contributed by atoms with E-state index in [9.17, 15) is 9.18 Å². The molecule has 0 spiro atoms. The van der Waals surface area contributed by atoms with Gasteiger partial charge in [-0.05, 0) is 36.1 Å². The number of rotatable bonds is 3. The average molecular weight is 444 g/mol. The minimum absolute atomic E-state index is 0.0712. The molecule has 0 radical (unpaired) electrons. The van der Waals surface area contributed by atoms with Crippen molar-refractivity contribution in [2.45, 2.75) is 33.1 Å². The Labute approximate surface area is 177 Å². The first-order chi connectivity index (χ1) is 13.1. The van der Waals surface area contributed by atoms with Crippen LogP contribution in [-0.4, -0.2) is 22.2 Å². The molecule has 0 aliphatic carbocycles. The predicted molar refractivity (Wildman–Crippen MR) is 110 cm³/mol. The second-order valence-electron chi connectivity index (χ2n) is 7.29. The predicted octanol–water partition coefficient (Wildman–Crippen LogP) is 6.57. The summed E-state index contributed by atoms with van der Waals surface area (Å²) in [5, 5.41) is 4.91. The number of carbonyl (C=O) groups is 1. The smallest absolute Gasteiger partial charge is 0.340 e. The number of carbonyl (C=O) groups excluding carboxylic acids is 1. The fourth-order valence-electron chi connectivity index (χ4n) is 3.21. The maximum Gasteiger partial charge on any atom is 0.340 e. The summed E-state index contributed by atoms with van der Waals surface area (Å²) < 4.78 is 20.7. The fourth-order valence-corrected chi connectivity index (χ4v) is 3.90. The van der Waals surface area contributed by atoms with Crippen molar-refractivity contribution in [3.05, 3.63) is 56.4 Å². The van der Waals surface area contributed by atoms with E-state index in [4.69, 9.17) is 39.5 Å². The second kappa shape index (κ2) is 7.54. The molecule has 0 aliphatic heterocycles. The highest BCUT2D eigenvalue weighted by molar-refractivity contribution is 6.44. The summed E-state index contributed by atoms with van der Waals surface area (Å²) in [6, 6.07) is 4.06. The Kier molecular flexibility index (Phi) is 5.63. The quantitative estimate of drug-likeness (QED) is 0.339. The zero-order chi connectivity index (χ0) is 20.8. The van der Waals surface area contributed by atoms with Crippen molar-refractivity contribution in [2.24, 2.45) is 0 Å². The van der Waals surface area contributed by atoms with E-state index in [0.717, 1.165) is 6.07 Å². The van der Waals surface area contributed by atoms with E-state index < -0.39 is 17.2 Å². The van der Waals surface area contributed by atoms with Crippen molar-refractivity contribution in [1.29, 1.82) is 0 Å². The molecular weight excluding hydrogens is 426 g/mol. The van der Waals surface area contributed by atoms with Crippen LogP contribution in [0.3, 0.4) is 0 Å². The van der Waals surface area contributed by atoms with Gasteiger partial charge in [-0.25, -0.2) is 13.7 Å². The molecule has 0 saturated heterocycles. The van der Waals surface area contributed by atoms with Crippen LogP contribution >= 0.6 is 34.8 Å². The Hall–Kier alpha value is -1.82. The zero-order valence-corrected chi connectivity index (χ0v) is 18.0. The van der Waals surface area contributed by atoms with Crippen LogP contribution in [0.5, 0.6) is 0 Å². The second-order valence-corrected chi connectivity index (χ2v) is 8.48. The number of nitrogens with zero attached hydrogens (tertiary/aromatic N) is 2. The minimum Gasteiger partial charge on any atom is -0.462 e. The first-order valence-corrected chi connectivity index (χ1v) is 9.72. The molecule has 0 atom stereocenters. The van der Waals surface area contributed by atoms with E-state index in [1.165, 1.54) is 12.3 Å². The van der Waals surface area contributed by atoms with Gasteiger partial charge in [0.15, 0.2) is 0 Å². The van der Waals surface area contributed by atoms with Crippen LogP contribution in [0.25, 0.3) is 16.8 Å². The Morgan fingerprint density at radius 3 is 2.46 bits per heavy atom. The van der Waals surface area contributed by atoms with E-state index in [0.29, 0.717) is 32.9 Å². The highest BCUT2D eigenvalue weighted by atomic mass is 35.5. The molecule has 3 aromatic rings. The van der Waals surface area contributed by atoms with Gasteiger partial charge in [0, 0.05) is 5.56 Å². The van der Waals surface area contributed by atoms with E-state index in [-0.39, 0.29) is 16.7 Å². The van der Waals surface area contributed by atoms with Gasteiger partial charge in [0.2, 0.25) is 0 Å². The van der Waals surface area contributed by atoms with Crippen LogP contribution in [0.4, 0.5) is 4.39 Å². The van der Waals surface area contributed by atoms with Crippen LogP contribution in [-0.2, 0) is 10.2 Å². The number of fused-ring (bicyclic) bond motifs is 1. The number of ether oxygens (including phenoxy) is 1. The lowest BCUT2D eigenvalue weighted by atomic mass is 9.84. The Morgan fingerprint density at radius 1 is 1.18 bits per heavy atom. The summed E-state index contributed by atoms with van der Waals surface area (Å²) in [5.74, 6) is -1.01. The van der Waals surface area contributed by atoms with Crippen molar-refractivity contribution < 1.29 is 13.9 Å². The first kappa shape index (κ1) is 20.9. The summed E-state index contributed by atoms with van der Waals surface area (Å²) >= 11 is 18.8. The number of halogens is 4. The van der Waals surface area contributed by atoms with Crippen molar-refractivity contribution in [2.75, 3.05) is 6.61 Å². The third-order valence-electron chi connectivity index (χ3n) is 4.25. The van der Waals surface area contributed by atoms with E-state index in [2.05, 4.69) is 5.10 Å². The van der Waals surface area contributed by atoms with Crippen LogP contribution < -0.4 is 0 Å². The molecule has 0 unspecified atom stereocenters. The lowest BCUT2D eigenvalue weighted by molar-refractivity contribution is 0.0523. The average Bonchev–Trinajstić information content (AvgIpc) is 2.92. The molecule has 0 saturated carbocycles. The molecule has 8 heteroatoms. The molecule has 0 amide bonds. The number of esters is 1. The third-order valence-corrected chi connectivity index (χ3v) is 5.34. The minimum atomic E-state index is -0.547.